The van der Waals surface area contributed by atoms with Gasteiger partial charge in [-0.25, -0.2) is 4.98 Å². The molecule has 2 bridgehead atoms. The highest BCUT2D eigenvalue weighted by molar-refractivity contribution is 6.01. The van der Waals surface area contributed by atoms with Gasteiger partial charge in [0.25, 0.3) is 5.91 Å². The number of aryl methyl sites for hydroxylation is 2. The number of carbonyl (C=O) groups excluding carboxylic acids is 1. The van der Waals surface area contributed by atoms with Crippen LogP contribution in [0.1, 0.15) is 42.5 Å². The Labute approximate surface area is 250 Å². The van der Waals surface area contributed by atoms with Crippen LogP contribution in [0.3, 0.4) is 0 Å². The van der Waals surface area contributed by atoms with Gasteiger partial charge in [-0.3, -0.25) is 9.48 Å². The lowest BCUT2D eigenvalue weighted by molar-refractivity contribution is 0.0261. The summed E-state index contributed by atoms with van der Waals surface area (Å²) in [6.07, 6.45) is 9.32. The number of aromatic nitrogens is 5. The second kappa shape index (κ2) is 9.87. The number of ether oxygens (including phenoxy) is 1. The number of imidazole rings is 1. The fourth-order valence-corrected chi connectivity index (χ4v) is 7.39. The molecule has 3 N–H and O–H groups in total. The molecule has 4 fully saturated rings. The van der Waals surface area contributed by atoms with Gasteiger partial charge in [0.1, 0.15) is 11.3 Å². The van der Waals surface area contributed by atoms with Crippen molar-refractivity contribution in [3.05, 3.63) is 54.4 Å². The lowest BCUT2D eigenvalue weighted by Crippen LogP contribution is -2.58. The van der Waals surface area contributed by atoms with Gasteiger partial charge in [-0.2, -0.15) is 5.10 Å². The molecule has 222 valence electrons. The SMILES string of the molecule is COc1cc(C(=O)N2C[C@H]3CC[C@@H]2C[C@@H]3N)cc2nc(-c3cc4cccc(Nc5cnn(C)c5)c4n3CC3CC3)n(C)c12. The smallest absolute Gasteiger partial charge is 0.254 e. The van der Waals surface area contributed by atoms with Crippen molar-refractivity contribution in [3.63, 3.8) is 0 Å². The summed E-state index contributed by atoms with van der Waals surface area (Å²) < 4.78 is 12.2. The van der Waals surface area contributed by atoms with Gasteiger partial charge in [0.15, 0.2) is 5.82 Å². The zero-order valence-corrected chi connectivity index (χ0v) is 25.0. The van der Waals surface area contributed by atoms with Crippen LogP contribution in [0.15, 0.2) is 48.8 Å². The number of piperidine rings is 2. The molecule has 0 spiro atoms. The summed E-state index contributed by atoms with van der Waals surface area (Å²) >= 11 is 0. The Balaban J connectivity index is 1.23. The third-order valence-electron chi connectivity index (χ3n) is 9.83. The molecule has 5 aromatic rings. The summed E-state index contributed by atoms with van der Waals surface area (Å²) in [6.45, 7) is 1.66. The average molecular weight is 579 g/mol. The van der Waals surface area contributed by atoms with Gasteiger partial charge < -0.3 is 29.8 Å². The highest BCUT2D eigenvalue weighted by atomic mass is 16.5. The molecule has 0 radical (unpaired) electrons. The number of benzene rings is 2. The molecule has 2 aliphatic heterocycles. The van der Waals surface area contributed by atoms with Crippen molar-refractivity contribution in [1.29, 1.82) is 0 Å². The molecule has 10 heteroatoms. The molecule has 0 unspecified atom stereocenters. The fourth-order valence-electron chi connectivity index (χ4n) is 7.39. The number of nitrogens with two attached hydrogens (primary N) is 1. The lowest BCUT2D eigenvalue weighted by Gasteiger charge is -2.48. The number of nitrogens with one attached hydrogen (secondary N) is 1. The summed E-state index contributed by atoms with van der Waals surface area (Å²) in [4.78, 5) is 21.0. The molecule has 5 heterocycles. The van der Waals surface area contributed by atoms with Crippen molar-refractivity contribution in [3.8, 4) is 17.3 Å². The number of para-hydroxylation sites is 1. The summed E-state index contributed by atoms with van der Waals surface area (Å²) in [6, 6.07) is 12.8. The number of nitrogens with zero attached hydrogens (tertiary/aromatic N) is 6. The normalized spacial score (nSPS) is 21.7. The monoisotopic (exact) mass is 578 g/mol. The molecule has 43 heavy (non-hydrogen) atoms. The Morgan fingerprint density at radius 2 is 1.98 bits per heavy atom. The quantitative estimate of drug-likeness (QED) is 0.280. The summed E-state index contributed by atoms with van der Waals surface area (Å²) in [5.74, 6) is 2.59. The first-order valence-electron chi connectivity index (χ1n) is 15.4. The van der Waals surface area contributed by atoms with Crippen molar-refractivity contribution in [2.75, 3.05) is 19.0 Å². The van der Waals surface area contributed by atoms with Gasteiger partial charge in [-0.1, -0.05) is 12.1 Å². The Kier molecular flexibility index (Phi) is 6.04. The maximum absolute atomic E-state index is 13.8. The number of amides is 1. The Hall–Kier alpha value is -4.31. The van der Waals surface area contributed by atoms with E-state index < -0.39 is 0 Å². The minimum atomic E-state index is 0.0444. The minimum Gasteiger partial charge on any atom is -0.494 e. The molecule has 3 atom stereocenters. The highest BCUT2D eigenvalue weighted by Gasteiger charge is 2.41. The number of fused-ring (bicyclic) bond motifs is 5. The van der Waals surface area contributed by atoms with E-state index in [1.54, 1.807) is 11.8 Å². The number of carbonyl (C=O) groups is 1. The van der Waals surface area contributed by atoms with Crippen LogP contribution in [0.2, 0.25) is 0 Å². The highest BCUT2D eigenvalue weighted by Crippen LogP contribution is 2.41. The molecule has 2 aliphatic carbocycles. The predicted octanol–water partition coefficient (Wildman–Crippen LogP) is 5.04. The van der Waals surface area contributed by atoms with Crippen LogP contribution >= 0.6 is 0 Å². The molecule has 4 aliphatic rings. The zero-order chi connectivity index (χ0) is 29.4. The number of methoxy groups -OCH3 is 1. The maximum atomic E-state index is 13.8. The van der Waals surface area contributed by atoms with Gasteiger partial charge in [0, 0.05) is 56.4 Å². The van der Waals surface area contributed by atoms with Gasteiger partial charge in [-0.15, -0.1) is 0 Å². The van der Waals surface area contributed by atoms with E-state index in [0.29, 0.717) is 23.1 Å². The van der Waals surface area contributed by atoms with Crippen molar-refractivity contribution >= 4 is 39.2 Å². The summed E-state index contributed by atoms with van der Waals surface area (Å²) in [5.41, 5.74) is 12.8. The van der Waals surface area contributed by atoms with Crippen molar-refractivity contribution in [2.24, 2.45) is 31.7 Å². The van der Waals surface area contributed by atoms with Gasteiger partial charge in [-0.05, 0) is 68.2 Å². The molecule has 2 saturated heterocycles. The fraction of sp³-hybridized carbons (Fsp3) is 0.424. The van der Waals surface area contributed by atoms with Crippen LogP contribution in [0.25, 0.3) is 33.5 Å². The molecule has 1 amide bonds. The number of hydrogen-bond donors (Lipinski definition) is 2. The van der Waals surface area contributed by atoms with Crippen molar-refractivity contribution in [2.45, 2.75) is 50.7 Å². The van der Waals surface area contributed by atoms with Crippen LogP contribution in [0.5, 0.6) is 5.75 Å². The van der Waals surface area contributed by atoms with Crippen LogP contribution in [-0.2, 0) is 20.6 Å². The van der Waals surface area contributed by atoms with E-state index in [9.17, 15) is 4.79 Å². The van der Waals surface area contributed by atoms with Crippen LogP contribution < -0.4 is 15.8 Å². The Bertz CT molecular complexity index is 1880. The zero-order valence-electron chi connectivity index (χ0n) is 25.0. The lowest BCUT2D eigenvalue weighted by atomic mass is 9.76. The van der Waals surface area contributed by atoms with Crippen molar-refractivity contribution < 1.29 is 9.53 Å². The van der Waals surface area contributed by atoms with E-state index >= 15 is 0 Å². The third kappa shape index (κ3) is 4.38. The second-order valence-electron chi connectivity index (χ2n) is 12.7. The van der Waals surface area contributed by atoms with E-state index in [2.05, 4.69) is 43.8 Å². The van der Waals surface area contributed by atoms with E-state index in [4.69, 9.17) is 15.5 Å². The van der Waals surface area contributed by atoms with Crippen LogP contribution in [0, 0.1) is 11.8 Å². The molecular weight excluding hydrogens is 540 g/mol. The number of rotatable bonds is 7. The Morgan fingerprint density at radius 3 is 2.67 bits per heavy atom. The third-order valence-corrected chi connectivity index (χ3v) is 9.83. The number of hydrogen-bond acceptors (Lipinski definition) is 6. The molecule has 10 nitrogen and oxygen atoms in total. The Morgan fingerprint density at radius 1 is 1.12 bits per heavy atom. The molecular formula is C33H38N8O2. The predicted molar refractivity (Wildman–Crippen MR) is 168 cm³/mol. The van der Waals surface area contributed by atoms with Gasteiger partial charge >= 0.3 is 0 Å². The van der Waals surface area contributed by atoms with E-state index in [1.165, 1.54) is 12.8 Å². The van der Waals surface area contributed by atoms with Gasteiger partial charge in [0.2, 0.25) is 0 Å². The molecule has 3 aromatic heterocycles. The van der Waals surface area contributed by atoms with Gasteiger partial charge in [0.05, 0.1) is 41.4 Å². The first-order chi connectivity index (χ1) is 20.9. The number of anilines is 2. The topological polar surface area (TPSA) is 108 Å². The molecule has 2 aromatic carbocycles. The summed E-state index contributed by atoms with van der Waals surface area (Å²) in [5, 5.41) is 9.07. The van der Waals surface area contributed by atoms with E-state index in [1.807, 2.05) is 43.5 Å². The average Bonchev–Trinajstić information content (AvgIpc) is 3.48. The first kappa shape index (κ1) is 26.3. The van der Waals surface area contributed by atoms with E-state index in [-0.39, 0.29) is 18.0 Å². The van der Waals surface area contributed by atoms with E-state index in [0.717, 1.165) is 77.2 Å². The van der Waals surface area contributed by atoms with Crippen LogP contribution in [0.4, 0.5) is 11.4 Å². The molecule has 9 rings (SSSR count). The summed E-state index contributed by atoms with van der Waals surface area (Å²) in [7, 11) is 5.62. The molecule has 2 saturated carbocycles. The first-order valence-corrected chi connectivity index (χ1v) is 15.4. The standard InChI is InChI=1S/C33H38N8O2/c1-38-18-23(15-35-38)36-26-6-4-5-20-12-28(41(30(20)26)16-19-7-8-19)32-37-27-11-22(13-29(43-3)31(27)39(32)2)33(42)40-17-21-9-10-24(40)14-25(21)34/h4-6,11-13,15,18-19,21,24-25,36H,7-10,14,16-17,34H2,1-3H3/t21-,24-,25+/m1/s1. The maximum Gasteiger partial charge on any atom is 0.254 e. The largest absolute Gasteiger partial charge is 0.494 e. The minimum absolute atomic E-state index is 0.0444. The van der Waals surface area contributed by atoms with Crippen LogP contribution in [-0.4, -0.2) is 60.4 Å². The van der Waals surface area contributed by atoms with Crippen molar-refractivity contribution in [1.82, 2.24) is 28.8 Å². The second-order valence-corrected chi connectivity index (χ2v) is 12.7.